The van der Waals surface area contributed by atoms with Crippen LogP contribution >= 0.6 is 0 Å². The van der Waals surface area contributed by atoms with Gasteiger partial charge in [-0.15, -0.1) is 0 Å². The van der Waals surface area contributed by atoms with Crippen molar-refractivity contribution in [2.75, 3.05) is 4.90 Å². The highest BCUT2D eigenvalue weighted by Crippen LogP contribution is 2.39. The molecular weight excluding hydrogens is 474 g/mol. The van der Waals surface area contributed by atoms with E-state index in [-0.39, 0.29) is 10.8 Å². The van der Waals surface area contributed by atoms with Crippen LogP contribution in [0.5, 0.6) is 0 Å². The number of aromatic nitrogens is 2. The number of hydrogen-bond acceptors (Lipinski definition) is 3. The molecule has 0 aliphatic carbocycles. The predicted molar refractivity (Wildman–Crippen MR) is 165 cm³/mol. The summed E-state index contributed by atoms with van der Waals surface area (Å²) in [6, 6.07) is 40.1. The average molecular weight is 512 g/mol. The highest BCUT2D eigenvalue weighted by atomic mass is 15.2. The van der Waals surface area contributed by atoms with Crippen LogP contribution in [0, 0.1) is 0 Å². The molecule has 0 saturated carbocycles. The van der Waals surface area contributed by atoms with Gasteiger partial charge in [-0.25, -0.2) is 9.97 Å². The predicted octanol–water partition coefficient (Wildman–Crippen LogP) is 9.88. The monoisotopic (exact) mass is 511 g/mol. The van der Waals surface area contributed by atoms with Crippen LogP contribution in [-0.2, 0) is 10.8 Å². The summed E-state index contributed by atoms with van der Waals surface area (Å²) in [7, 11) is 0. The summed E-state index contributed by atoms with van der Waals surface area (Å²) >= 11 is 0. The van der Waals surface area contributed by atoms with Crippen molar-refractivity contribution in [2.24, 2.45) is 0 Å². The van der Waals surface area contributed by atoms with Gasteiger partial charge in [0.15, 0.2) is 0 Å². The van der Waals surface area contributed by atoms with E-state index in [1.807, 2.05) is 18.2 Å². The van der Waals surface area contributed by atoms with Crippen LogP contribution in [0.25, 0.3) is 22.5 Å². The highest BCUT2D eigenvalue weighted by Gasteiger charge is 2.24. The molecule has 3 nitrogen and oxygen atoms in total. The van der Waals surface area contributed by atoms with E-state index in [1.54, 1.807) is 0 Å². The van der Waals surface area contributed by atoms with Crippen LogP contribution in [0.4, 0.5) is 17.3 Å². The summed E-state index contributed by atoms with van der Waals surface area (Å²) in [4.78, 5) is 12.7. The smallest absolute Gasteiger partial charge is 0.139 e. The Morgan fingerprint density at radius 2 is 0.821 bits per heavy atom. The van der Waals surface area contributed by atoms with Gasteiger partial charge in [0.1, 0.15) is 11.6 Å². The lowest BCUT2D eigenvalue weighted by Gasteiger charge is -2.29. The van der Waals surface area contributed by atoms with Crippen molar-refractivity contribution in [3.8, 4) is 22.5 Å². The summed E-state index contributed by atoms with van der Waals surface area (Å²) < 4.78 is 0. The average Bonchev–Trinajstić information content (AvgIpc) is 2.93. The Morgan fingerprint density at radius 3 is 1.18 bits per heavy atom. The summed E-state index contributed by atoms with van der Waals surface area (Å²) in [6.45, 7) is 13.5. The maximum atomic E-state index is 5.25. The van der Waals surface area contributed by atoms with Crippen molar-refractivity contribution in [1.82, 2.24) is 9.97 Å². The first-order valence-corrected chi connectivity index (χ1v) is 13.6. The number of anilines is 3. The van der Waals surface area contributed by atoms with E-state index in [2.05, 4.69) is 144 Å². The van der Waals surface area contributed by atoms with Crippen molar-refractivity contribution in [1.29, 1.82) is 0 Å². The fourth-order valence-electron chi connectivity index (χ4n) is 4.60. The third-order valence-corrected chi connectivity index (χ3v) is 6.97. The molecule has 0 amide bonds. The van der Waals surface area contributed by atoms with Gasteiger partial charge in [-0.2, -0.15) is 0 Å². The first-order chi connectivity index (χ1) is 18.6. The molecular formula is C36H37N3. The van der Waals surface area contributed by atoms with E-state index in [1.165, 1.54) is 11.1 Å². The van der Waals surface area contributed by atoms with E-state index in [4.69, 9.17) is 9.97 Å². The molecule has 0 N–H and O–H groups in total. The molecule has 2 heterocycles. The molecule has 5 rings (SSSR count). The SMILES string of the molecule is CC(C)(C)c1cc(-c2ccccc2)nc(N(c2ccccc2)c2cc(C(C)(C)C)cc(-c3ccccc3)n2)c1. The Hall–Kier alpha value is -4.24. The lowest BCUT2D eigenvalue weighted by molar-refractivity contribution is 0.589. The van der Waals surface area contributed by atoms with Crippen LogP contribution in [-0.4, -0.2) is 9.97 Å². The van der Waals surface area contributed by atoms with E-state index < -0.39 is 0 Å². The van der Waals surface area contributed by atoms with Gasteiger partial charge in [-0.3, -0.25) is 4.90 Å². The Bertz CT molecular complexity index is 1440. The van der Waals surface area contributed by atoms with Crippen molar-refractivity contribution in [2.45, 2.75) is 52.4 Å². The fourth-order valence-corrected chi connectivity index (χ4v) is 4.60. The third kappa shape index (κ3) is 5.93. The minimum Gasteiger partial charge on any atom is -0.279 e. The normalized spacial score (nSPS) is 11.8. The van der Waals surface area contributed by atoms with Crippen LogP contribution in [0.1, 0.15) is 52.7 Å². The van der Waals surface area contributed by atoms with Crippen molar-refractivity contribution in [3.05, 3.63) is 126 Å². The quantitative estimate of drug-likeness (QED) is 0.235. The molecule has 39 heavy (non-hydrogen) atoms. The molecule has 5 aromatic rings. The van der Waals surface area contributed by atoms with E-state index >= 15 is 0 Å². The summed E-state index contributed by atoms with van der Waals surface area (Å²) in [5.41, 5.74) is 7.46. The second-order valence-corrected chi connectivity index (χ2v) is 12.1. The molecule has 0 radical (unpaired) electrons. The van der Waals surface area contributed by atoms with Crippen LogP contribution in [0.15, 0.2) is 115 Å². The second-order valence-electron chi connectivity index (χ2n) is 12.1. The van der Waals surface area contributed by atoms with Gasteiger partial charge in [0.2, 0.25) is 0 Å². The van der Waals surface area contributed by atoms with E-state index in [0.717, 1.165) is 39.8 Å². The molecule has 3 aromatic carbocycles. The van der Waals surface area contributed by atoms with Gasteiger partial charge in [0.05, 0.1) is 11.4 Å². The van der Waals surface area contributed by atoms with Crippen LogP contribution in [0.3, 0.4) is 0 Å². The topological polar surface area (TPSA) is 29.0 Å². The van der Waals surface area contributed by atoms with Crippen LogP contribution < -0.4 is 4.90 Å². The van der Waals surface area contributed by atoms with E-state index in [9.17, 15) is 0 Å². The number of benzene rings is 3. The number of hydrogen-bond donors (Lipinski definition) is 0. The van der Waals surface area contributed by atoms with Gasteiger partial charge in [0.25, 0.3) is 0 Å². The first-order valence-electron chi connectivity index (χ1n) is 13.6. The molecule has 0 unspecified atom stereocenters. The molecule has 196 valence electrons. The molecule has 0 aliphatic rings. The van der Waals surface area contributed by atoms with Gasteiger partial charge in [-0.05, 0) is 58.4 Å². The Kier molecular flexibility index (Phi) is 7.10. The lowest BCUT2D eigenvalue weighted by Crippen LogP contribution is -2.19. The standard InChI is InChI=1S/C36H37N3/c1-35(2,3)28-22-31(26-16-10-7-11-17-26)37-33(24-28)39(30-20-14-9-15-21-30)34-25-29(36(4,5)6)23-32(38-34)27-18-12-8-13-19-27/h7-25H,1-6H3. The summed E-state index contributed by atoms with van der Waals surface area (Å²) in [5.74, 6) is 1.70. The van der Waals surface area contributed by atoms with Gasteiger partial charge < -0.3 is 0 Å². The zero-order valence-corrected chi connectivity index (χ0v) is 23.8. The number of rotatable bonds is 5. The number of nitrogens with zero attached hydrogens (tertiary/aromatic N) is 3. The third-order valence-electron chi connectivity index (χ3n) is 6.97. The molecule has 0 fully saturated rings. The number of para-hydroxylation sites is 1. The fraction of sp³-hybridized carbons (Fsp3) is 0.222. The largest absolute Gasteiger partial charge is 0.279 e. The highest BCUT2D eigenvalue weighted by molar-refractivity contribution is 5.77. The molecule has 3 heteroatoms. The second kappa shape index (κ2) is 10.5. The maximum Gasteiger partial charge on any atom is 0.139 e. The summed E-state index contributed by atoms with van der Waals surface area (Å²) in [5, 5.41) is 0. The maximum absolute atomic E-state index is 5.25. The Morgan fingerprint density at radius 1 is 0.462 bits per heavy atom. The van der Waals surface area contributed by atoms with Gasteiger partial charge in [0, 0.05) is 16.8 Å². The minimum atomic E-state index is -0.0561. The van der Waals surface area contributed by atoms with Gasteiger partial charge >= 0.3 is 0 Å². The summed E-state index contributed by atoms with van der Waals surface area (Å²) in [6.07, 6.45) is 0. The first kappa shape index (κ1) is 26.4. The van der Waals surface area contributed by atoms with Crippen molar-refractivity contribution < 1.29 is 0 Å². The van der Waals surface area contributed by atoms with E-state index in [0.29, 0.717) is 0 Å². The zero-order valence-electron chi connectivity index (χ0n) is 23.8. The molecule has 2 aromatic heterocycles. The molecule has 0 saturated heterocycles. The lowest BCUT2D eigenvalue weighted by atomic mass is 9.86. The molecule has 0 aliphatic heterocycles. The zero-order chi connectivity index (χ0) is 27.6. The molecule has 0 spiro atoms. The Balaban J connectivity index is 1.80. The van der Waals surface area contributed by atoms with Crippen molar-refractivity contribution >= 4 is 17.3 Å². The Labute approximate surface area is 233 Å². The number of pyridine rings is 2. The van der Waals surface area contributed by atoms with Crippen LogP contribution in [0.2, 0.25) is 0 Å². The molecule has 0 bridgehead atoms. The minimum absolute atomic E-state index is 0.0561. The van der Waals surface area contributed by atoms with Gasteiger partial charge in [-0.1, -0.05) is 120 Å². The molecule has 0 atom stereocenters. The van der Waals surface area contributed by atoms with Crippen molar-refractivity contribution in [3.63, 3.8) is 0 Å².